The number of benzene rings is 2. The fraction of sp³-hybridized carbons (Fsp3) is 0.188. The summed E-state index contributed by atoms with van der Waals surface area (Å²) in [6.45, 7) is 2.40. The molecule has 4 heteroatoms. The number of halogens is 1. The Morgan fingerprint density at radius 3 is 2.60 bits per heavy atom. The molecule has 0 spiro atoms. The summed E-state index contributed by atoms with van der Waals surface area (Å²) in [7, 11) is 0. The Bertz CT molecular complexity index is 596. The van der Waals surface area contributed by atoms with Crippen molar-refractivity contribution in [2.75, 3.05) is 6.61 Å². The average Bonchev–Trinajstić information content (AvgIpc) is 2.47. The van der Waals surface area contributed by atoms with E-state index in [-0.39, 0.29) is 12.4 Å². The van der Waals surface area contributed by atoms with E-state index in [0.717, 1.165) is 6.29 Å². The van der Waals surface area contributed by atoms with Crippen LogP contribution >= 0.6 is 0 Å². The molecule has 0 bridgehead atoms. The Balaban J connectivity index is 2.16. The largest absolute Gasteiger partial charge is 0.490 e. The topological polar surface area (TPSA) is 35.5 Å². The van der Waals surface area contributed by atoms with E-state index in [1.54, 1.807) is 36.4 Å². The van der Waals surface area contributed by atoms with Crippen molar-refractivity contribution in [1.29, 1.82) is 0 Å². The molecular weight excluding hydrogens is 259 g/mol. The quantitative estimate of drug-likeness (QED) is 0.755. The zero-order chi connectivity index (χ0) is 14.4. The van der Waals surface area contributed by atoms with Gasteiger partial charge in [-0.2, -0.15) is 0 Å². The van der Waals surface area contributed by atoms with Crippen LogP contribution in [0, 0.1) is 5.82 Å². The maximum atomic E-state index is 13.5. The van der Waals surface area contributed by atoms with Crippen LogP contribution in [0.15, 0.2) is 42.5 Å². The summed E-state index contributed by atoms with van der Waals surface area (Å²) in [6, 6.07) is 11.3. The molecule has 0 aromatic heterocycles. The highest BCUT2D eigenvalue weighted by atomic mass is 19.1. The molecule has 0 fully saturated rings. The molecular formula is C16H15FO3. The summed E-state index contributed by atoms with van der Waals surface area (Å²) >= 11 is 0. The van der Waals surface area contributed by atoms with Gasteiger partial charge in [0.15, 0.2) is 11.5 Å². The van der Waals surface area contributed by atoms with Gasteiger partial charge in [-0.15, -0.1) is 0 Å². The number of ether oxygens (including phenoxy) is 2. The van der Waals surface area contributed by atoms with Gasteiger partial charge in [0, 0.05) is 11.1 Å². The first-order valence-electron chi connectivity index (χ1n) is 6.33. The lowest BCUT2D eigenvalue weighted by Gasteiger charge is -2.12. The summed E-state index contributed by atoms with van der Waals surface area (Å²) in [5, 5.41) is 0. The smallest absolute Gasteiger partial charge is 0.161 e. The Kier molecular flexibility index (Phi) is 4.71. The SMILES string of the molecule is CCOc1cc(C=O)ccc1OCc1ccccc1F. The van der Waals surface area contributed by atoms with Crippen molar-refractivity contribution >= 4 is 6.29 Å². The van der Waals surface area contributed by atoms with Crippen molar-refractivity contribution in [1.82, 2.24) is 0 Å². The standard InChI is InChI=1S/C16H15FO3/c1-2-19-16-9-12(10-18)7-8-15(16)20-11-13-5-3-4-6-14(13)17/h3-10H,2,11H2,1H3. The second-order valence-electron chi connectivity index (χ2n) is 4.14. The van der Waals surface area contributed by atoms with Gasteiger partial charge in [-0.25, -0.2) is 4.39 Å². The van der Waals surface area contributed by atoms with Gasteiger partial charge in [0.1, 0.15) is 18.7 Å². The normalized spacial score (nSPS) is 10.1. The Morgan fingerprint density at radius 2 is 1.90 bits per heavy atom. The van der Waals surface area contributed by atoms with E-state index in [2.05, 4.69) is 0 Å². The zero-order valence-corrected chi connectivity index (χ0v) is 11.1. The van der Waals surface area contributed by atoms with Gasteiger partial charge in [-0.3, -0.25) is 4.79 Å². The average molecular weight is 274 g/mol. The molecule has 0 aliphatic heterocycles. The van der Waals surface area contributed by atoms with Crippen LogP contribution in [0.4, 0.5) is 4.39 Å². The van der Waals surface area contributed by atoms with Crippen molar-refractivity contribution in [2.24, 2.45) is 0 Å². The van der Waals surface area contributed by atoms with Crippen LogP contribution in [0.3, 0.4) is 0 Å². The number of rotatable bonds is 6. The number of aldehydes is 1. The molecule has 0 saturated carbocycles. The van der Waals surface area contributed by atoms with Crippen LogP contribution in [0.2, 0.25) is 0 Å². The van der Waals surface area contributed by atoms with Crippen LogP contribution in [0.25, 0.3) is 0 Å². The first-order chi connectivity index (χ1) is 9.74. The minimum Gasteiger partial charge on any atom is -0.490 e. The molecule has 0 heterocycles. The molecule has 20 heavy (non-hydrogen) atoms. The summed E-state index contributed by atoms with van der Waals surface area (Å²) in [4.78, 5) is 10.8. The van der Waals surface area contributed by atoms with Crippen molar-refractivity contribution in [2.45, 2.75) is 13.5 Å². The van der Waals surface area contributed by atoms with Gasteiger partial charge >= 0.3 is 0 Å². The van der Waals surface area contributed by atoms with E-state index in [4.69, 9.17) is 9.47 Å². The predicted octanol–water partition coefficient (Wildman–Crippen LogP) is 3.62. The Hall–Kier alpha value is -2.36. The third-order valence-corrected chi connectivity index (χ3v) is 2.74. The van der Waals surface area contributed by atoms with Crippen LogP contribution in [-0.2, 0) is 6.61 Å². The second-order valence-corrected chi connectivity index (χ2v) is 4.14. The minimum absolute atomic E-state index is 0.104. The molecule has 3 nitrogen and oxygen atoms in total. The zero-order valence-electron chi connectivity index (χ0n) is 11.1. The van der Waals surface area contributed by atoms with E-state index in [9.17, 15) is 9.18 Å². The predicted molar refractivity (Wildman–Crippen MR) is 73.7 cm³/mol. The summed E-state index contributed by atoms with van der Waals surface area (Å²) in [5.74, 6) is 0.657. The van der Waals surface area contributed by atoms with Gasteiger partial charge in [0.2, 0.25) is 0 Å². The Morgan fingerprint density at radius 1 is 1.10 bits per heavy atom. The maximum absolute atomic E-state index is 13.5. The van der Waals surface area contributed by atoms with Crippen LogP contribution in [0.1, 0.15) is 22.8 Å². The van der Waals surface area contributed by atoms with Crippen LogP contribution in [-0.4, -0.2) is 12.9 Å². The molecule has 0 amide bonds. The van der Waals surface area contributed by atoms with E-state index >= 15 is 0 Å². The highest BCUT2D eigenvalue weighted by Crippen LogP contribution is 2.29. The summed E-state index contributed by atoms with van der Waals surface area (Å²) in [5.41, 5.74) is 0.973. The van der Waals surface area contributed by atoms with E-state index < -0.39 is 0 Å². The fourth-order valence-corrected chi connectivity index (χ4v) is 1.76. The van der Waals surface area contributed by atoms with E-state index in [0.29, 0.717) is 29.2 Å². The highest BCUT2D eigenvalue weighted by Gasteiger charge is 2.08. The number of carbonyl (C=O) groups is 1. The molecule has 0 unspecified atom stereocenters. The number of hydrogen-bond donors (Lipinski definition) is 0. The number of hydrogen-bond acceptors (Lipinski definition) is 3. The fourth-order valence-electron chi connectivity index (χ4n) is 1.76. The molecule has 104 valence electrons. The monoisotopic (exact) mass is 274 g/mol. The third kappa shape index (κ3) is 3.35. The maximum Gasteiger partial charge on any atom is 0.161 e. The molecule has 2 aromatic rings. The summed E-state index contributed by atoms with van der Waals surface area (Å²) < 4.78 is 24.5. The minimum atomic E-state index is -0.310. The van der Waals surface area contributed by atoms with Gasteiger partial charge < -0.3 is 9.47 Å². The van der Waals surface area contributed by atoms with Crippen molar-refractivity contribution in [3.63, 3.8) is 0 Å². The van der Waals surface area contributed by atoms with Crippen molar-refractivity contribution in [3.05, 3.63) is 59.4 Å². The first kappa shape index (κ1) is 14.1. The van der Waals surface area contributed by atoms with Gasteiger partial charge in [0.25, 0.3) is 0 Å². The molecule has 0 aliphatic carbocycles. The molecule has 2 aromatic carbocycles. The molecule has 2 rings (SSSR count). The van der Waals surface area contributed by atoms with Crippen molar-refractivity contribution < 1.29 is 18.7 Å². The van der Waals surface area contributed by atoms with E-state index in [1.165, 1.54) is 6.07 Å². The lowest BCUT2D eigenvalue weighted by atomic mass is 10.2. The van der Waals surface area contributed by atoms with Crippen LogP contribution in [0.5, 0.6) is 11.5 Å². The van der Waals surface area contributed by atoms with Gasteiger partial charge in [0.05, 0.1) is 6.61 Å². The molecule has 0 atom stereocenters. The van der Waals surface area contributed by atoms with E-state index in [1.807, 2.05) is 6.92 Å². The second kappa shape index (κ2) is 6.70. The molecule has 0 N–H and O–H groups in total. The van der Waals surface area contributed by atoms with Gasteiger partial charge in [-0.05, 0) is 31.2 Å². The first-order valence-corrected chi connectivity index (χ1v) is 6.33. The third-order valence-electron chi connectivity index (χ3n) is 2.74. The lowest BCUT2D eigenvalue weighted by Crippen LogP contribution is -2.01. The molecule has 0 aliphatic rings. The Labute approximate surface area is 117 Å². The molecule has 0 radical (unpaired) electrons. The molecule has 0 saturated heterocycles. The van der Waals surface area contributed by atoms with Gasteiger partial charge in [-0.1, -0.05) is 18.2 Å². The van der Waals surface area contributed by atoms with Crippen molar-refractivity contribution in [3.8, 4) is 11.5 Å². The highest BCUT2D eigenvalue weighted by molar-refractivity contribution is 5.76. The van der Waals surface area contributed by atoms with Crippen LogP contribution < -0.4 is 9.47 Å². The number of carbonyl (C=O) groups excluding carboxylic acids is 1. The summed E-state index contributed by atoms with van der Waals surface area (Å²) in [6.07, 6.45) is 0.739. The lowest BCUT2D eigenvalue weighted by molar-refractivity contribution is 0.112.